The van der Waals surface area contributed by atoms with Gasteiger partial charge in [0, 0.05) is 40.5 Å². The van der Waals surface area contributed by atoms with Crippen molar-refractivity contribution in [2.45, 2.75) is 35.7 Å². The second-order valence-electron chi connectivity index (χ2n) is 10.1. The molecule has 2 amide bonds. The van der Waals surface area contributed by atoms with E-state index in [1.54, 1.807) is 61.5 Å². The number of nitrogens with one attached hydrogen (secondary N) is 1. The predicted octanol–water partition coefficient (Wildman–Crippen LogP) is 6.70. The molecule has 4 rings (SSSR count). The van der Waals surface area contributed by atoms with Crippen LogP contribution in [0.3, 0.4) is 0 Å². The first-order valence-corrected chi connectivity index (χ1v) is 17.9. The highest BCUT2D eigenvalue weighted by Gasteiger charge is 2.35. The van der Waals surface area contributed by atoms with Crippen LogP contribution in [0.2, 0.25) is 10.0 Å². The second kappa shape index (κ2) is 16.2. The van der Waals surface area contributed by atoms with Crippen LogP contribution >= 0.6 is 35.0 Å². The fourth-order valence-corrected chi connectivity index (χ4v) is 7.25. The van der Waals surface area contributed by atoms with Gasteiger partial charge in [0.1, 0.15) is 18.3 Å². The number of anilines is 1. The summed E-state index contributed by atoms with van der Waals surface area (Å²) in [5.74, 6) is -0.789. The Morgan fingerprint density at radius 2 is 1.52 bits per heavy atom. The standard InChI is InChI=1S/C34H35Cl2N3O5S2/c1-4-44-32-16-9-8-15-30(32)39(46(42,43)26-19-17-25(45-3)18-20-26)23-33(40)38(22-27-28(35)13-10-14-29(27)36)31(34(41)37-2)21-24-11-6-5-7-12-24/h5-20,31H,4,21-23H2,1-3H3,(H,37,41)/t31-/m0/s1. The van der Waals surface area contributed by atoms with Crippen LogP contribution in [0.1, 0.15) is 18.1 Å². The first-order chi connectivity index (χ1) is 22.1. The minimum absolute atomic E-state index is 0.00256. The highest BCUT2D eigenvalue weighted by molar-refractivity contribution is 7.98. The molecule has 0 fully saturated rings. The van der Waals surface area contributed by atoms with Crippen molar-refractivity contribution in [1.29, 1.82) is 0 Å². The maximum absolute atomic E-state index is 14.6. The zero-order chi connectivity index (χ0) is 33.3. The summed E-state index contributed by atoms with van der Waals surface area (Å²) in [6.07, 6.45) is 2.05. The lowest BCUT2D eigenvalue weighted by molar-refractivity contribution is -0.139. The lowest BCUT2D eigenvalue weighted by Gasteiger charge is -2.34. The van der Waals surface area contributed by atoms with E-state index >= 15 is 0 Å². The summed E-state index contributed by atoms with van der Waals surface area (Å²) < 4.78 is 35.5. The molecular weight excluding hydrogens is 665 g/mol. The number of nitrogens with zero attached hydrogens (tertiary/aromatic N) is 2. The number of ether oxygens (including phenoxy) is 1. The van der Waals surface area contributed by atoms with Crippen molar-refractivity contribution in [3.63, 3.8) is 0 Å². The molecule has 12 heteroatoms. The molecule has 0 radical (unpaired) electrons. The van der Waals surface area contributed by atoms with Crippen LogP contribution in [0.25, 0.3) is 0 Å². The molecule has 0 aliphatic rings. The number of carbonyl (C=O) groups excluding carboxylic acids is 2. The maximum atomic E-state index is 14.6. The summed E-state index contributed by atoms with van der Waals surface area (Å²) in [7, 11) is -2.82. The van der Waals surface area contributed by atoms with Gasteiger partial charge in [-0.05, 0) is 67.3 Å². The van der Waals surface area contributed by atoms with E-state index in [4.69, 9.17) is 27.9 Å². The van der Waals surface area contributed by atoms with Gasteiger partial charge in [0.15, 0.2) is 0 Å². The maximum Gasteiger partial charge on any atom is 0.264 e. The molecule has 242 valence electrons. The van der Waals surface area contributed by atoms with Crippen molar-refractivity contribution < 1.29 is 22.7 Å². The van der Waals surface area contributed by atoms with E-state index in [0.29, 0.717) is 15.6 Å². The number of rotatable bonds is 14. The molecule has 46 heavy (non-hydrogen) atoms. The molecule has 0 saturated carbocycles. The Morgan fingerprint density at radius 1 is 0.891 bits per heavy atom. The van der Waals surface area contributed by atoms with Crippen LogP contribution in [0.4, 0.5) is 5.69 Å². The van der Waals surface area contributed by atoms with E-state index in [1.165, 1.54) is 35.8 Å². The van der Waals surface area contributed by atoms with Crippen molar-refractivity contribution in [2.75, 3.05) is 30.8 Å². The Labute approximate surface area is 284 Å². The van der Waals surface area contributed by atoms with E-state index < -0.39 is 34.4 Å². The Hall–Kier alpha value is -3.70. The molecule has 0 bridgehead atoms. The van der Waals surface area contributed by atoms with Crippen LogP contribution in [-0.4, -0.2) is 57.6 Å². The molecule has 0 aromatic heterocycles. The second-order valence-corrected chi connectivity index (χ2v) is 13.7. The third-order valence-corrected chi connectivity index (χ3v) is 10.5. The van der Waals surface area contributed by atoms with Crippen molar-refractivity contribution in [3.05, 3.63) is 118 Å². The number of hydrogen-bond donors (Lipinski definition) is 1. The van der Waals surface area contributed by atoms with Gasteiger partial charge in [-0.1, -0.05) is 71.7 Å². The molecule has 0 unspecified atom stereocenters. The quantitative estimate of drug-likeness (QED) is 0.147. The van der Waals surface area contributed by atoms with Crippen LogP contribution in [-0.2, 0) is 32.6 Å². The Kier molecular flexibility index (Phi) is 12.4. The number of para-hydroxylation sites is 2. The fourth-order valence-electron chi connectivity index (χ4n) is 4.90. The molecule has 8 nitrogen and oxygen atoms in total. The number of sulfonamides is 1. The van der Waals surface area contributed by atoms with Crippen LogP contribution < -0.4 is 14.4 Å². The van der Waals surface area contributed by atoms with E-state index in [-0.39, 0.29) is 35.9 Å². The summed E-state index contributed by atoms with van der Waals surface area (Å²) >= 11 is 14.6. The highest BCUT2D eigenvalue weighted by atomic mass is 35.5. The molecule has 4 aromatic carbocycles. The summed E-state index contributed by atoms with van der Waals surface area (Å²) in [5, 5.41) is 3.27. The summed E-state index contributed by atoms with van der Waals surface area (Å²) in [5.41, 5.74) is 1.42. The van der Waals surface area contributed by atoms with Gasteiger partial charge < -0.3 is 15.0 Å². The number of carbonyl (C=O) groups is 2. The number of likely N-dealkylation sites (N-methyl/N-ethyl adjacent to an activating group) is 1. The molecule has 0 spiro atoms. The lowest BCUT2D eigenvalue weighted by Crippen LogP contribution is -2.53. The Bertz CT molecular complexity index is 1740. The summed E-state index contributed by atoms with van der Waals surface area (Å²) in [4.78, 5) is 30.2. The van der Waals surface area contributed by atoms with Gasteiger partial charge in [-0.15, -0.1) is 11.8 Å². The van der Waals surface area contributed by atoms with E-state index in [1.807, 2.05) is 36.6 Å². The van der Waals surface area contributed by atoms with Gasteiger partial charge in [-0.2, -0.15) is 0 Å². The van der Waals surface area contributed by atoms with Gasteiger partial charge in [-0.3, -0.25) is 13.9 Å². The molecule has 0 aliphatic carbocycles. The third kappa shape index (κ3) is 8.36. The topological polar surface area (TPSA) is 96.0 Å². The predicted molar refractivity (Wildman–Crippen MR) is 185 cm³/mol. The molecule has 1 atom stereocenters. The molecular formula is C34H35Cl2N3O5S2. The van der Waals surface area contributed by atoms with Crippen molar-refractivity contribution in [3.8, 4) is 5.75 Å². The highest BCUT2D eigenvalue weighted by Crippen LogP contribution is 2.34. The SMILES string of the molecule is CCOc1ccccc1N(CC(=O)N(Cc1c(Cl)cccc1Cl)[C@@H](Cc1ccccc1)C(=O)NC)S(=O)(=O)c1ccc(SC)cc1. The Balaban J connectivity index is 1.85. The largest absolute Gasteiger partial charge is 0.492 e. The average molecular weight is 701 g/mol. The molecule has 0 aliphatic heterocycles. The smallest absolute Gasteiger partial charge is 0.264 e. The van der Waals surface area contributed by atoms with Crippen molar-refractivity contribution >= 4 is 62.5 Å². The van der Waals surface area contributed by atoms with Gasteiger partial charge in [0.2, 0.25) is 11.8 Å². The number of hydrogen-bond acceptors (Lipinski definition) is 6. The Morgan fingerprint density at radius 3 is 2.13 bits per heavy atom. The first-order valence-electron chi connectivity index (χ1n) is 14.5. The minimum Gasteiger partial charge on any atom is -0.492 e. The van der Waals surface area contributed by atoms with Crippen molar-refractivity contribution in [2.24, 2.45) is 0 Å². The molecule has 4 aromatic rings. The molecule has 0 heterocycles. The monoisotopic (exact) mass is 699 g/mol. The summed E-state index contributed by atoms with van der Waals surface area (Å²) in [6, 6.07) is 26.2. The number of benzene rings is 4. The van der Waals surface area contributed by atoms with E-state index in [2.05, 4.69) is 5.32 Å². The van der Waals surface area contributed by atoms with Gasteiger partial charge in [-0.25, -0.2) is 8.42 Å². The normalized spacial score (nSPS) is 11.8. The van der Waals surface area contributed by atoms with Gasteiger partial charge >= 0.3 is 0 Å². The minimum atomic E-state index is -4.30. The average Bonchev–Trinajstić information content (AvgIpc) is 3.07. The number of halogens is 2. The fraction of sp³-hybridized carbons (Fsp3) is 0.235. The van der Waals surface area contributed by atoms with Crippen LogP contribution in [0.5, 0.6) is 5.75 Å². The first kappa shape index (κ1) is 35.2. The molecule has 1 N–H and O–H groups in total. The zero-order valence-corrected chi connectivity index (χ0v) is 28.8. The number of thioether (sulfide) groups is 1. The summed E-state index contributed by atoms with van der Waals surface area (Å²) in [6.45, 7) is 1.27. The lowest BCUT2D eigenvalue weighted by atomic mass is 10.0. The third-order valence-electron chi connectivity index (χ3n) is 7.27. The van der Waals surface area contributed by atoms with E-state index in [9.17, 15) is 18.0 Å². The van der Waals surface area contributed by atoms with Crippen molar-refractivity contribution in [1.82, 2.24) is 10.2 Å². The number of amides is 2. The van der Waals surface area contributed by atoms with Gasteiger partial charge in [0.05, 0.1) is 17.2 Å². The zero-order valence-electron chi connectivity index (χ0n) is 25.7. The van der Waals surface area contributed by atoms with Crippen LogP contribution in [0, 0.1) is 0 Å². The van der Waals surface area contributed by atoms with Crippen LogP contribution in [0.15, 0.2) is 107 Å². The van der Waals surface area contributed by atoms with E-state index in [0.717, 1.165) is 14.8 Å². The molecule has 0 saturated heterocycles. The van der Waals surface area contributed by atoms with Gasteiger partial charge in [0.25, 0.3) is 10.0 Å².